The maximum absolute atomic E-state index is 3.20. The Kier molecular flexibility index (Phi) is 11.6. The molecule has 4 heteroatoms. The molecular weight excluding hydrogens is 882 g/mol. The maximum atomic E-state index is 3.20. The van der Waals surface area contributed by atoms with Crippen molar-refractivity contribution in [1.82, 2.24) is 9.80 Å². The molecule has 0 amide bonds. The van der Waals surface area contributed by atoms with E-state index in [1.54, 1.807) is 50.7 Å². The van der Waals surface area contributed by atoms with E-state index in [0.29, 0.717) is 48.1 Å². The molecule has 382 valence electrons. The minimum atomic E-state index is -0.0388. The fourth-order valence-corrected chi connectivity index (χ4v) is 16.4. The zero-order valence-corrected chi connectivity index (χ0v) is 47.5. The molecule has 0 spiro atoms. The molecule has 12 rings (SSSR count). The van der Waals surface area contributed by atoms with E-state index < -0.39 is 0 Å². The number of hydrogen-bond acceptors (Lipinski definition) is 3. The van der Waals surface area contributed by atoms with Gasteiger partial charge in [-0.15, -0.1) is 0 Å². The molecule has 8 atom stereocenters. The van der Waals surface area contributed by atoms with Gasteiger partial charge in [0, 0.05) is 57.6 Å². The van der Waals surface area contributed by atoms with Crippen molar-refractivity contribution < 1.29 is 0 Å². The number of rotatable bonds is 5. The van der Waals surface area contributed by atoms with Crippen molar-refractivity contribution >= 4 is 18.1 Å². The van der Waals surface area contributed by atoms with E-state index in [1.165, 1.54) is 40.9 Å². The lowest BCUT2D eigenvalue weighted by atomic mass is 9.20. The minimum Gasteiger partial charge on any atom is -0.367 e. The summed E-state index contributed by atoms with van der Waals surface area (Å²) in [5, 5.41) is 0. The summed E-state index contributed by atoms with van der Waals surface area (Å²) >= 11 is 0. The molecule has 2 saturated heterocycles. The molecule has 0 bridgehead atoms. The van der Waals surface area contributed by atoms with Gasteiger partial charge in [-0.3, -0.25) is 0 Å². The van der Waals surface area contributed by atoms with Gasteiger partial charge in [-0.25, -0.2) is 0 Å². The zero-order chi connectivity index (χ0) is 51.3. The Balaban J connectivity index is 1.14. The molecule has 2 aromatic carbocycles. The second-order valence-electron chi connectivity index (χ2n) is 29.0. The molecule has 2 fully saturated rings. The highest BCUT2D eigenvalue weighted by Crippen LogP contribution is 2.70. The van der Waals surface area contributed by atoms with Crippen LogP contribution in [-0.2, 0) is 10.8 Å². The van der Waals surface area contributed by atoms with E-state index in [0.717, 1.165) is 51.4 Å². The van der Waals surface area contributed by atoms with E-state index in [9.17, 15) is 0 Å². The summed E-state index contributed by atoms with van der Waals surface area (Å²) in [5.74, 6) is 2.54. The van der Waals surface area contributed by atoms with Crippen LogP contribution in [0.4, 0.5) is 11.4 Å². The highest BCUT2D eigenvalue weighted by molar-refractivity contribution is 6.66. The Morgan fingerprint density at radius 2 is 1.38 bits per heavy atom. The molecular formula is C69H88BN3. The predicted molar refractivity (Wildman–Crippen MR) is 311 cm³/mol. The second-order valence-corrected chi connectivity index (χ2v) is 29.0. The van der Waals surface area contributed by atoms with E-state index in [-0.39, 0.29) is 33.1 Å². The quantitative estimate of drug-likeness (QED) is 0.218. The molecule has 3 aliphatic heterocycles. The normalized spacial score (nSPS) is 30.4. The molecule has 3 nitrogen and oxygen atoms in total. The summed E-state index contributed by atoms with van der Waals surface area (Å²) in [6, 6.07) is 20.5. The van der Waals surface area contributed by atoms with Crippen molar-refractivity contribution in [2.45, 2.75) is 208 Å². The summed E-state index contributed by atoms with van der Waals surface area (Å²) < 4.78 is 0. The largest absolute Gasteiger partial charge is 0.367 e. The standard InChI is InChI=1S/C69H88BN3/c1-65(2,3)44-27-33-48(34-28-44)71(49-35-29-45(30-36-49)66(4,5)6)50-41-59-62-60(42-50)73-63-52(61-51-23-18-19-25-54(51)69(13,14)64(61)73)24-20-26-56(63)70(62)55-37-31-47(68(10,11)12)40-58(55)72(59)57-38-32-46(67(7,8)9)39-53(57)43-21-16-15-17-22-43/h15-16,20-21,23-25,27-31,33-36,40-41,46,50,52,55-56,60,62-63H,17-19,22,26,32,37-39,42H2,1-14H3. The number of benzene rings is 2. The fourth-order valence-electron chi connectivity index (χ4n) is 16.4. The molecule has 7 aliphatic carbocycles. The van der Waals surface area contributed by atoms with Gasteiger partial charge in [0.05, 0.1) is 6.04 Å². The zero-order valence-electron chi connectivity index (χ0n) is 47.5. The van der Waals surface area contributed by atoms with Crippen molar-refractivity contribution in [1.29, 1.82) is 0 Å². The van der Waals surface area contributed by atoms with Crippen LogP contribution in [0.15, 0.2) is 166 Å². The Hall–Kier alpha value is -4.70. The van der Waals surface area contributed by atoms with Gasteiger partial charge in [-0.1, -0.05) is 170 Å². The monoisotopic (exact) mass is 970 g/mol. The van der Waals surface area contributed by atoms with Gasteiger partial charge < -0.3 is 14.7 Å². The Morgan fingerprint density at radius 1 is 0.712 bits per heavy atom. The van der Waals surface area contributed by atoms with Crippen LogP contribution >= 0.6 is 0 Å². The second kappa shape index (κ2) is 17.2. The van der Waals surface area contributed by atoms with Crippen LogP contribution in [0.3, 0.4) is 0 Å². The number of anilines is 2. The highest BCUT2D eigenvalue weighted by Gasteiger charge is 2.67. The van der Waals surface area contributed by atoms with Crippen LogP contribution in [-0.4, -0.2) is 34.6 Å². The van der Waals surface area contributed by atoms with Crippen LogP contribution in [0.2, 0.25) is 17.5 Å². The highest BCUT2D eigenvalue weighted by atomic mass is 15.3. The van der Waals surface area contributed by atoms with E-state index in [4.69, 9.17) is 0 Å². The Labute approximate surface area is 442 Å². The average Bonchev–Trinajstić information content (AvgIpc) is 3.83. The van der Waals surface area contributed by atoms with Gasteiger partial charge in [0.25, 0.3) is 0 Å². The maximum Gasteiger partial charge on any atom is 0.168 e. The molecule has 0 N–H and O–H groups in total. The van der Waals surface area contributed by atoms with Crippen molar-refractivity contribution in [3.05, 3.63) is 177 Å². The van der Waals surface area contributed by atoms with Gasteiger partial charge >= 0.3 is 0 Å². The first kappa shape index (κ1) is 49.2. The molecule has 8 unspecified atom stereocenters. The number of fused-ring (bicyclic) bond motifs is 8. The summed E-state index contributed by atoms with van der Waals surface area (Å²) in [5.41, 5.74) is 22.0. The van der Waals surface area contributed by atoms with Gasteiger partial charge in [0.15, 0.2) is 6.71 Å². The van der Waals surface area contributed by atoms with Crippen molar-refractivity contribution in [3.8, 4) is 0 Å². The molecule has 2 aromatic rings. The lowest BCUT2D eigenvalue weighted by molar-refractivity contribution is 0.105. The Morgan fingerprint density at radius 3 is 2.00 bits per heavy atom. The molecule has 3 heterocycles. The topological polar surface area (TPSA) is 9.72 Å². The van der Waals surface area contributed by atoms with E-state index in [1.807, 2.05) is 0 Å². The number of allylic oxidation sites excluding steroid dienone is 15. The predicted octanol–water partition coefficient (Wildman–Crippen LogP) is 18.2. The van der Waals surface area contributed by atoms with Crippen LogP contribution in [0.25, 0.3) is 0 Å². The van der Waals surface area contributed by atoms with Crippen LogP contribution in [0.1, 0.15) is 172 Å². The molecule has 0 radical (unpaired) electrons. The first-order valence-electron chi connectivity index (χ1n) is 29.2. The number of nitrogens with zero attached hydrogens (tertiary/aromatic N) is 3. The first-order chi connectivity index (χ1) is 34.5. The lowest BCUT2D eigenvalue weighted by Crippen LogP contribution is -2.66. The van der Waals surface area contributed by atoms with Crippen LogP contribution < -0.4 is 4.90 Å². The van der Waals surface area contributed by atoms with E-state index in [2.05, 4.69) is 221 Å². The molecule has 10 aliphatic rings. The van der Waals surface area contributed by atoms with Crippen molar-refractivity contribution in [2.24, 2.45) is 28.1 Å². The summed E-state index contributed by atoms with van der Waals surface area (Å²) in [7, 11) is 0. The lowest BCUT2D eigenvalue weighted by Gasteiger charge is -2.64. The molecule has 0 aromatic heterocycles. The third-order valence-corrected chi connectivity index (χ3v) is 20.2. The fraction of sp³-hybridized carbons (Fsp3) is 0.536. The Bertz CT molecular complexity index is 2850. The van der Waals surface area contributed by atoms with Crippen LogP contribution in [0.5, 0.6) is 0 Å². The third-order valence-electron chi connectivity index (χ3n) is 20.2. The van der Waals surface area contributed by atoms with E-state index >= 15 is 0 Å². The van der Waals surface area contributed by atoms with Gasteiger partial charge in [0.2, 0.25) is 0 Å². The first-order valence-corrected chi connectivity index (χ1v) is 29.2. The summed E-state index contributed by atoms with van der Waals surface area (Å²) in [6.45, 7) is 34.8. The smallest absolute Gasteiger partial charge is 0.168 e. The van der Waals surface area contributed by atoms with Crippen molar-refractivity contribution in [2.75, 3.05) is 4.90 Å². The average molecular weight is 970 g/mol. The SMILES string of the molecule is CC(C)(C)C1=CCC2B3C4CC=CC5C6=C(N(C7CC(N(c8ccc(C(C)(C)C)cc8)c8ccc(C(C)(C)C)cc8)C=C(C37)N(C3=C(C7=CC=CCC7)CC(C(C)(C)C)CC3)C2=C1)C45)C(C)(C)C1=CCCC=C16. The minimum absolute atomic E-state index is 0.0388. The van der Waals surface area contributed by atoms with Gasteiger partial charge in [-0.05, 0) is 190 Å². The summed E-state index contributed by atoms with van der Waals surface area (Å²) in [4.78, 5) is 9.04. The molecule has 0 saturated carbocycles. The van der Waals surface area contributed by atoms with Gasteiger partial charge in [-0.2, -0.15) is 0 Å². The van der Waals surface area contributed by atoms with Gasteiger partial charge in [0.1, 0.15) is 0 Å². The van der Waals surface area contributed by atoms with Crippen molar-refractivity contribution in [3.63, 3.8) is 0 Å². The third kappa shape index (κ3) is 7.93. The van der Waals surface area contributed by atoms with Crippen LogP contribution in [0, 0.1) is 28.1 Å². The number of hydrogen-bond donors (Lipinski definition) is 0. The summed E-state index contributed by atoms with van der Waals surface area (Å²) in [6.07, 6.45) is 37.8. The molecule has 73 heavy (non-hydrogen) atoms.